The summed E-state index contributed by atoms with van der Waals surface area (Å²) in [6.07, 6.45) is 1.66. The number of fused-ring (bicyclic) bond motifs is 3. The zero-order valence-electron chi connectivity index (χ0n) is 11.0. The van der Waals surface area contributed by atoms with Crippen LogP contribution in [0.4, 0.5) is 8.78 Å². The van der Waals surface area contributed by atoms with Crippen molar-refractivity contribution in [2.75, 3.05) is 6.61 Å². The molecule has 0 fully saturated rings. The first-order valence-corrected chi connectivity index (χ1v) is 6.92. The first-order chi connectivity index (χ1) is 10.2. The molecule has 0 spiro atoms. The van der Waals surface area contributed by atoms with Crippen molar-refractivity contribution in [3.05, 3.63) is 36.3 Å². The van der Waals surface area contributed by atoms with E-state index in [0.717, 1.165) is 16.4 Å². The van der Waals surface area contributed by atoms with Crippen molar-refractivity contribution in [1.29, 1.82) is 0 Å². The van der Waals surface area contributed by atoms with Crippen LogP contribution in [0, 0.1) is 0 Å². The Morgan fingerprint density at radius 2 is 2.05 bits per heavy atom. The topological polar surface area (TPSA) is 39.9 Å². The minimum absolute atomic E-state index is 0.107. The lowest BCUT2D eigenvalue weighted by Gasteiger charge is -2.09. The average molecular weight is 312 g/mol. The highest BCUT2D eigenvalue weighted by Crippen LogP contribution is 2.25. The van der Waals surface area contributed by atoms with Crippen LogP contribution in [0.25, 0.3) is 21.9 Å². The Morgan fingerprint density at radius 3 is 2.81 bits per heavy atom. The second-order valence-corrected chi connectivity index (χ2v) is 4.72. The van der Waals surface area contributed by atoms with E-state index in [1.165, 1.54) is 0 Å². The van der Waals surface area contributed by atoms with Gasteiger partial charge in [-0.15, -0.1) is 11.6 Å². The van der Waals surface area contributed by atoms with E-state index in [2.05, 4.69) is 14.7 Å². The Balaban J connectivity index is 2.12. The summed E-state index contributed by atoms with van der Waals surface area (Å²) < 4.78 is 30.4. The number of imidazole rings is 1. The van der Waals surface area contributed by atoms with Crippen LogP contribution >= 0.6 is 11.6 Å². The first-order valence-electron chi connectivity index (χ1n) is 6.39. The molecule has 21 heavy (non-hydrogen) atoms. The monoisotopic (exact) mass is 311 g/mol. The van der Waals surface area contributed by atoms with Gasteiger partial charge in [0.15, 0.2) is 0 Å². The average Bonchev–Trinajstić information content (AvgIpc) is 2.85. The number of benzene rings is 1. The summed E-state index contributed by atoms with van der Waals surface area (Å²) in [5.41, 5.74) is 2.36. The van der Waals surface area contributed by atoms with Gasteiger partial charge in [0.25, 0.3) is 0 Å². The normalized spacial score (nSPS) is 11.8. The second kappa shape index (κ2) is 5.91. The van der Waals surface area contributed by atoms with Gasteiger partial charge in [-0.2, -0.15) is 8.78 Å². The minimum atomic E-state index is -2.78. The molecule has 0 saturated carbocycles. The number of ether oxygens (including phenoxy) is 1. The van der Waals surface area contributed by atoms with Gasteiger partial charge in [-0.25, -0.2) is 4.98 Å². The van der Waals surface area contributed by atoms with Gasteiger partial charge < -0.3 is 9.30 Å². The van der Waals surface area contributed by atoms with Crippen LogP contribution in [0.3, 0.4) is 0 Å². The molecule has 0 bridgehead atoms. The van der Waals surface area contributed by atoms with Crippen molar-refractivity contribution < 1.29 is 13.5 Å². The molecule has 0 amide bonds. The minimum Gasteiger partial charge on any atom is -0.324 e. The van der Waals surface area contributed by atoms with Gasteiger partial charge in [-0.1, -0.05) is 18.2 Å². The van der Waals surface area contributed by atoms with Gasteiger partial charge in [0.1, 0.15) is 11.3 Å². The highest BCUT2D eigenvalue weighted by Gasteiger charge is 2.14. The number of halogens is 3. The Labute approximate surface area is 124 Å². The molecule has 1 aromatic carbocycles. The molecule has 0 radical (unpaired) electrons. The summed E-state index contributed by atoms with van der Waals surface area (Å²) in [6, 6.07) is 7.61. The summed E-state index contributed by atoms with van der Waals surface area (Å²) in [5, 5.41) is 0.913. The van der Waals surface area contributed by atoms with Gasteiger partial charge >= 0.3 is 6.61 Å². The van der Waals surface area contributed by atoms with E-state index in [9.17, 15) is 8.78 Å². The molecule has 110 valence electrons. The standard InChI is InChI=1S/C14H12ClF2N3O/c15-7-12-19-11-8-18-10-4-2-1-3-9(10)13(11)20(12)5-6-21-14(16)17/h1-4,8,14H,5-7H2. The lowest BCUT2D eigenvalue weighted by molar-refractivity contribution is -0.130. The summed E-state index contributed by atoms with van der Waals surface area (Å²) in [5.74, 6) is 0.806. The van der Waals surface area contributed by atoms with Crippen molar-refractivity contribution in [1.82, 2.24) is 14.5 Å². The molecular formula is C14H12ClF2N3O. The van der Waals surface area contributed by atoms with Crippen LogP contribution in [0.2, 0.25) is 0 Å². The highest BCUT2D eigenvalue weighted by molar-refractivity contribution is 6.17. The number of aromatic nitrogens is 3. The van der Waals surface area contributed by atoms with Crippen molar-refractivity contribution in [3.8, 4) is 0 Å². The van der Waals surface area contributed by atoms with Gasteiger partial charge in [-0.05, 0) is 6.07 Å². The molecule has 0 aliphatic rings. The summed E-state index contributed by atoms with van der Waals surface area (Å²) in [4.78, 5) is 8.74. The van der Waals surface area contributed by atoms with Crippen molar-refractivity contribution in [3.63, 3.8) is 0 Å². The smallest absolute Gasteiger partial charge is 0.324 e. The number of nitrogens with zero attached hydrogens (tertiary/aromatic N) is 3. The zero-order chi connectivity index (χ0) is 14.8. The van der Waals surface area contributed by atoms with Crippen LogP contribution < -0.4 is 0 Å². The van der Waals surface area contributed by atoms with E-state index in [4.69, 9.17) is 11.6 Å². The fraction of sp³-hybridized carbons (Fsp3) is 0.286. The Morgan fingerprint density at radius 1 is 1.24 bits per heavy atom. The molecule has 0 N–H and O–H groups in total. The largest absolute Gasteiger partial charge is 0.345 e. The number of hydrogen-bond donors (Lipinski definition) is 0. The summed E-state index contributed by atoms with van der Waals surface area (Å²) in [6.45, 7) is -2.63. The number of rotatable bonds is 5. The number of alkyl halides is 3. The molecule has 0 saturated heterocycles. The molecule has 0 atom stereocenters. The maximum Gasteiger partial charge on any atom is 0.345 e. The zero-order valence-corrected chi connectivity index (χ0v) is 11.7. The van der Waals surface area contributed by atoms with Crippen LogP contribution in [0.1, 0.15) is 5.82 Å². The molecule has 0 aliphatic carbocycles. The van der Waals surface area contributed by atoms with Crippen LogP contribution in [-0.4, -0.2) is 27.8 Å². The van der Waals surface area contributed by atoms with Crippen LogP contribution in [0.5, 0.6) is 0 Å². The molecule has 3 rings (SSSR count). The van der Waals surface area contributed by atoms with Crippen molar-refractivity contribution in [2.24, 2.45) is 0 Å². The molecule has 4 nitrogen and oxygen atoms in total. The fourth-order valence-electron chi connectivity index (χ4n) is 2.39. The van der Waals surface area contributed by atoms with E-state index in [-0.39, 0.29) is 19.0 Å². The van der Waals surface area contributed by atoms with E-state index in [1.807, 2.05) is 28.8 Å². The van der Waals surface area contributed by atoms with Gasteiger partial charge in [0, 0.05) is 11.9 Å². The first kappa shape index (κ1) is 14.2. The van der Waals surface area contributed by atoms with Gasteiger partial charge in [-0.3, -0.25) is 4.98 Å². The third-order valence-corrected chi connectivity index (χ3v) is 3.48. The van der Waals surface area contributed by atoms with E-state index in [1.54, 1.807) is 6.20 Å². The Hall–Kier alpha value is -1.79. The third kappa shape index (κ3) is 2.69. The molecule has 0 aliphatic heterocycles. The molecular weight excluding hydrogens is 300 g/mol. The summed E-state index contributed by atoms with van der Waals surface area (Å²) in [7, 11) is 0. The maximum absolute atomic E-state index is 12.1. The second-order valence-electron chi connectivity index (χ2n) is 4.45. The maximum atomic E-state index is 12.1. The molecule has 0 unspecified atom stereocenters. The molecule has 2 aromatic heterocycles. The Bertz CT molecular complexity index is 775. The van der Waals surface area contributed by atoms with E-state index < -0.39 is 6.61 Å². The Kier molecular flexibility index (Phi) is 3.98. The van der Waals surface area contributed by atoms with Crippen LogP contribution in [-0.2, 0) is 17.2 Å². The van der Waals surface area contributed by atoms with Crippen molar-refractivity contribution >= 4 is 33.5 Å². The highest BCUT2D eigenvalue weighted by atomic mass is 35.5. The fourth-order valence-corrected chi connectivity index (χ4v) is 2.59. The summed E-state index contributed by atoms with van der Waals surface area (Å²) >= 11 is 5.90. The third-order valence-electron chi connectivity index (χ3n) is 3.24. The number of hydrogen-bond acceptors (Lipinski definition) is 3. The van der Waals surface area contributed by atoms with Gasteiger partial charge in [0.05, 0.1) is 29.7 Å². The molecule has 3 aromatic rings. The quantitative estimate of drug-likeness (QED) is 0.676. The lowest BCUT2D eigenvalue weighted by atomic mass is 10.2. The lowest BCUT2D eigenvalue weighted by Crippen LogP contribution is -2.11. The van der Waals surface area contributed by atoms with Gasteiger partial charge in [0.2, 0.25) is 0 Å². The van der Waals surface area contributed by atoms with Crippen molar-refractivity contribution in [2.45, 2.75) is 19.0 Å². The predicted molar refractivity (Wildman–Crippen MR) is 76.5 cm³/mol. The molecule has 2 heterocycles. The van der Waals surface area contributed by atoms with E-state index >= 15 is 0 Å². The number of para-hydroxylation sites is 1. The molecule has 7 heteroatoms. The van der Waals surface area contributed by atoms with Crippen LogP contribution in [0.15, 0.2) is 30.5 Å². The predicted octanol–water partition coefficient (Wildman–Crippen LogP) is 3.56. The van der Waals surface area contributed by atoms with E-state index in [0.29, 0.717) is 11.3 Å². The SMILES string of the molecule is FC(F)OCCn1c(CCl)nc2cnc3ccccc3c21. The number of pyridine rings is 1.